The predicted octanol–water partition coefficient (Wildman–Crippen LogP) is 6.17. The molecule has 0 bridgehead atoms. The van der Waals surface area contributed by atoms with E-state index in [-0.39, 0.29) is 53.6 Å². The van der Waals surface area contributed by atoms with Crippen molar-refractivity contribution >= 4 is 31.9 Å². The van der Waals surface area contributed by atoms with Crippen molar-refractivity contribution in [1.82, 2.24) is 10.2 Å². The fourth-order valence-electron chi connectivity index (χ4n) is 5.17. The zero-order valence-electron chi connectivity index (χ0n) is 25.7. The van der Waals surface area contributed by atoms with Gasteiger partial charge >= 0.3 is 12.2 Å². The summed E-state index contributed by atoms with van der Waals surface area (Å²) < 4.78 is 17.6. The summed E-state index contributed by atoms with van der Waals surface area (Å²) in [7, 11) is -2.10. The average molecular weight is 629 g/mol. The number of benzene rings is 2. The molecule has 2 aromatic carbocycles. The van der Waals surface area contributed by atoms with E-state index in [9.17, 15) is 29.8 Å². The van der Waals surface area contributed by atoms with Gasteiger partial charge in [0.2, 0.25) is 0 Å². The molecule has 0 aromatic heterocycles. The van der Waals surface area contributed by atoms with Gasteiger partial charge in [-0.2, -0.15) is 0 Å². The van der Waals surface area contributed by atoms with E-state index in [1.165, 1.54) is 24.3 Å². The van der Waals surface area contributed by atoms with E-state index in [1.54, 1.807) is 29.2 Å². The molecule has 1 saturated carbocycles. The number of nitrogens with one attached hydrogen (secondary N) is 1. The Balaban J connectivity index is 1.33. The Kier molecular flexibility index (Phi) is 9.93. The number of nitrogens with zero attached hydrogens (tertiary/aromatic N) is 3. The number of likely N-dealkylation sites (tertiary alicyclic amines) is 1. The number of non-ortho nitro benzene ring substituents is 2. The van der Waals surface area contributed by atoms with Crippen molar-refractivity contribution in [2.75, 3.05) is 13.1 Å². The second-order valence-electron chi connectivity index (χ2n) is 13.0. The Labute approximate surface area is 257 Å². The molecule has 1 aliphatic heterocycles. The Morgan fingerprint density at radius 3 is 1.93 bits per heavy atom. The summed E-state index contributed by atoms with van der Waals surface area (Å²) in [5.74, 6) is 0.313. The van der Waals surface area contributed by atoms with Crippen molar-refractivity contribution in [1.29, 1.82) is 0 Å². The molecule has 14 heteroatoms. The van der Waals surface area contributed by atoms with Crippen molar-refractivity contribution in [3.8, 4) is 0 Å². The molecule has 2 unspecified atom stereocenters. The summed E-state index contributed by atoms with van der Waals surface area (Å²) in [6.07, 6.45) is 0.320. The zero-order valence-corrected chi connectivity index (χ0v) is 26.7. The van der Waals surface area contributed by atoms with E-state index in [0.29, 0.717) is 30.6 Å². The van der Waals surface area contributed by atoms with E-state index in [0.717, 1.165) is 6.42 Å². The minimum atomic E-state index is -2.10. The van der Waals surface area contributed by atoms with Crippen LogP contribution in [0.4, 0.5) is 21.0 Å². The van der Waals surface area contributed by atoms with Crippen LogP contribution in [-0.2, 0) is 27.1 Å². The maximum atomic E-state index is 13.3. The van der Waals surface area contributed by atoms with Crippen LogP contribution in [0.25, 0.3) is 0 Å². The molecule has 1 saturated heterocycles. The number of nitro benzene ring substituents is 2. The Bertz CT molecular complexity index is 1360. The molecule has 4 rings (SSSR count). The van der Waals surface area contributed by atoms with Crippen molar-refractivity contribution in [2.45, 2.75) is 77.1 Å². The van der Waals surface area contributed by atoms with Crippen LogP contribution in [0, 0.1) is 32.1 Å². The molecule has 44 heavy (non-hydrogen) atoms. The first kappa shape index (κ1) is 32.9. The molecule has 1 aliphatic carbocycles. The monoisotopic (exact) mass is 628 g/mol. The highest BCUT2D eigenvalue weighted by Crippen LogP contribution is 2.47. The summed E-state index contributed by atoms with van der Waals surface area (Å²) in [5.41, 5.74) is 1.21. The van der Waals surface area contributed by atoms with Gasteiger partial charge in [0.05, 0.1) is 16.0 Å². The third kappa shape index (κ3) is 8.32. The van der Waals surface area contributed by atoms with Gasteiger partial charge in [-0.05, 0) is 78.2 Å². The summed E-state index contributed by atoms with van der Waals surface area (Å²) in [4.78, 5) is 48.2. The van der Waals surface area contributed by atoms with Crippen LogP contribution in [0.1, 0.15) is 44.7 Å². The Morgan fingerprint density at radius 1 is 0.909 bits per heavy atom. The average Bonchev–Trinajstić information content (AvgIpc) is 3.63. The first-order valence-electron chi connectivity index (χ1n) is 14.6. The van der Waals surface area contributed by atoms with Crippen LogP contribution < -0.4 is 5.32 Å². The van der Waals surface area contributed by atoms with Gasteiger partial charge in [-0.15, -0.1) is 0 Å². The maximum Gasteiger partial charge on any atom is 0.410 e. The molecule has 2 amide bonds. The maximum absolute atomic E-state index is 13.3. The third-order valence-corrected chi connectivity index (χ3v) is 13.3. The number of amides is 2. The molecular formula is C30H40N4O9Si. The van der Waals surface area contributed by atoms with Gasteiger partial charge in [0, 0.05) is 43.4 Å². The summed E-state index contributed by atoms with van der Waals surface area (Å²) >= 11 is 0. The van der Waals surface area contributed by atoms with Gasteiger partial charge in [-0.1, -0.05) is 20.8 Å². The SMILES string of the molecule is CC(C)(C)[Si](C)(C)O[C@@H]1C[C@H](C2CC2CNC(=O)OCc2ccc([N+](=O)[O-])cc2)N(C(=O)OCc2ccc([N+](=O)[O-])cc2)C1. The minimum Gasteiger partial charge on any atom is -0.445 e. The summed E-state index contributed by atoms with van der Waals surface area (Å²) in [5, 5.41) is 24.5. The molecule has 1 heterocycles. The molecule has 238 valence electrons. The number of ether oxygens (including phenoxy) is 2. The van der Waals surface area contributed by atoms with Crippen LogP contribution in [0.15, 0.2) is 48.5 Å². The summed E-state index contributed by atoms with van der Waals surface area (Å²) in [6, 6.07) is 11.6. The van der Waals surface area contributed by atoms with Crippen LogP contribution in [0.3, 0.4) is 0 Å². The quantitative estimate of drug-likeness (QED) is 0.174. The van der Waals surface area contributed by atoms with E-state index >= 15 is 0 Å². The van der Waals surface area contributed by atoms with Gasteiger partial charge in [0.25, 0.3) is 11.4 Å². The molecular weight excluding hydrogens is 588 g/mol. The largest absolute Gasteiger partial charge is 0.445 e. The predicted molar refractivity (Wildman–Crippen MR) is 163 cm³/mol. The third-order valence-electron chi connectivity index (χ3n) is 8.81. The molecule has 2 fully saturated rings. The lowest BCUT2D eigenvalue weighted by Crippen LogP contribution is -2.44. The highest BCUT2D eigenvalue weighted by atomic mass is 28.4. The molecule has 4 atom stereocenters. The van der Waals surface area contributed by atoms with Gasteiger partial charge in [0.15, 0.2) is 8.32 Å². The van der Waals surface area contributed by atoms with Crippen LogP contribution in [-0.4, -0.2) is 60.5 Å². The number of alkyl carbamates (subject to hydrolysis) is 1. The number of carbonyl (C=O) groups excluding carboxylic acids is 2. The van der Waals surface area contributed by atoms with E-state index in [4.69, 9.17) is 13.9 Å². The number of hydrogen-bond donors (Lipinski definition) is 1. The first-order chi connectivity index (χ1) is 20.6. The Hall–Kier alpha value is -4.04. The van der Waals surface area contributed by atoms with E-state index < -0.39 is 30.4 Å². The molecule has 2 aliphatic rings. The van der Waals surface area contributed by atoms with Crippen molar-refractivity contribution in [3.63, 3.8) is 0 Å². The summed E-state index contributed by atoms with van der Waals surface area (Å²) in [6.45, 7) is 11.7. The smallest absolute Gasteiger partial charge is 0.410 e. The van der Waals surface area contributed by atoms with Gasteiger partial charge in [-0.25, -0.2) is 9.59 Å². The minimum absolute atomic E-state index is 0.00715. The second-order valence-corrected chi connectivity index (χ2v) is 17.7. The molecule has 0 radical (unpaired) electrons. The molecule has 1 N–H and O–H groups in total. The van der Waals surface area contributed by atoms with E-state index in [2.05, 4.69) is 39.2 Å². The van der Waals surface area contributed by atoms with Gasteiger partial charge in [0.1, 0.15) is 13.2 Å². The topological polar surface area (TPSA) is 163 Å². The molecule has 2 aromatic rings. The highest BCUT2D eigenvalue weighted by molar-refractivity contribution is 6.74. The number of hydrogen-bond acceptors (Lipinski definition) is 9. The van der Waals surface area contributed by atoms with Crippen LogP contribution >= 0.6 is 0 Å². The lowest BCUT2D eigenvalue weighted by atomic mass is 10.1. The zero-order chi connectivity index (χ0) is 32.2. The molecule has 0 spiro atoms. The standard InChI is InChI=1S/C30H40N4O9Si/c1-30(2,3)44(4,5)43-25-15-27(32(17-25)29(36)42-19-21-8-12-24(13-9-21)34(39)40)26-14-22(26)16-31-28(35)41-18-20-6-10-23(11-7-20)33(37)38/h6-13,22,25-27H,14-19H2,1-5H3,(H,31,35)/t22?,25-,26?,27-/m1/s1. The van der Waals surface area contributed by atoms with Gasteiger partial charge in [-0.3, -0.25) is 20.2 Å². The van der Waals surface area contributed by atoms with Crippen LogP contribution in [0.2, 0.25) is 18.1 Å². The van der Waals surface area contributed by atoms with Crippen LogP contribution in [0.5, 0.6) is 0 Å². The fourth-order valence-corrected chi connectivity index (χ4v) is 6.53. The number of nitro groups is 2. The first-order valence-corrected chi connectivity index (χ1v) is 17.5. The highest BCUT2D eigenvalue weighted by Gasteiger charge is 2.52. The number of rotatable bonds is 11. The lowest BCUT2D eigenvalue weighted by Gasteiger charge is -2.38. The Morgan fingerprint density at radius 2 is 1.43 bits per heavy atom. The van der Waals surface area contributed by atoms with Crippen molar-refractivity contribution in [2.24, 2.45) is 11.8 Å². The van der Waals surface area contributed by atoms with Crippen molar-refractivity contribution in [3.05, 3.63) is 79.9 Å². The molecule has 13 nitrogen and oxygen atoms in total. The number of carbonyl (C=O) groups is 2. The van der Waals surface area contributed by atoms with E-state index in [1.807, 2.05) is 0 Å². The fraction of sp³-hybridized carbons (Fsp3) is 0.533. The second kappa shape index (κ2) is 13.3. The van der Waals surface area contributed by atoms with Crippen molar-refractivity contribution < 1.29 is 33.3 Å². The normalized spacial score (nSPS) is 21.4. The lowest BCUT2D eigenvalue weighted by molar-refractivity contribution is -0.385. The van der Waals surface area contributed by atoms with Gasteiger partial charge < -0.3 is 24.1 Å².